The monoisotopic (exact) mass is 368 g/mol. The van der Waals surface area contributed by atoms with E-state index in [1.54, 1.807) is 0 Å². The van der Waals surface area contributed by atoms with Gasteiger partial charge in [0.2, 0.25) is 5.91 Å². The highest BCUT2D eigenvalue weighted by Gasteiger charge is 2.29. The highest BCUT2D eigenvalue weighted by atomic mass is 16.1. The Balaban J connectivity index is 1.55. The fraction of sp³-hybridized carbons (Fsp3) is 0.591. The van der Waals surface area contributed by atoms with Gasteiger partial charge in [-0.25, -0.2) is 0 Å². The molecule has 146 valence electrons. The van der Waals surface area contributed by atoms with Crippen molar-refractivity contribution in [1.29, 1.82) is 0 Å². The molecule has 3 rings (SSSR count). The maximum absolute atomic E-state index is 12.3. The zero-order valence-electron chi connectivity index (χ0n) is 17.1. The fourth-order valence-electron chi connectivity index (χ4n) is 3.38. The molecule has 0 spiro atoms. The molecule has 1 aromatic carbocycles. The van der Waals surface area contributed by atoms with E-state index in [1.807, 2.05) is 6.07 Å². The van der Waals surface area contributed by atoms with E-state index in [0.717, 1.165) is 24.5 Å². The normalized spacial score (nSPS) is 14.0. The van der Waals surface area contributed by atoms with Crippen molar-refractivity contribution in [2.24, 2.45) is 5.92 Å². The number of aryl methyl sites for hydroxylation is 3. The molecule has 0 unspecified atom stereocenters. The Bertz CT molecular complexity index is 790. The largest absolute Gasteiger partial charge is 0.352 e. The summed E-state index contributed by atoms with van der Waals surface area (Å²) in [6.45, 7) is 9.26. The van der Waals surface area contributed by atoms with Crippen molar-refractivity contribution >= 4 is 5.91 Å². The molecule has 27 heavy (non-hydrogen) atoms. The molecule has 0 bridgehead atoms. The summed E-state index contributed by atoms with van der Waals surface area (Å²) in [6, 6.07) is 6.77. The standard InChI is InChI=1S/C22H32N4O/c1-15(2)8-11-20-24-25-21(26(20)19-9-10-19)12-13-22(27)23-14-18-7-5-6-16(3)17(18)4/h5-7,15,19H,8-14H2,1-4H3,(H,23,27). The number of amides is 1. The number of nitrogens with one attached hydrogen (secondary N) is 1. The van der Waals surface area contributed by atoms with Gasteiger partial charge in [0.1, 0.15) is 11.6 Å². The van der Waals surface area contributed by atoms with Crippen molar-refractivity contribution in [3.05, 3.63) is 46.5 Å². The molecule has 1 aromatic heterocycles. The van der Waals surface area contributed by atoms with Gasteiger partial charge in [-0.3, -0.25) is 4.79 Å². The van der Waals surface area contributed by atoms with Crippen LogP contribution in [0.15, 0.2) is 18.2 Å². The lowest BCUT2D eigenvalue weighted by Gasteiger charge is -2.11. The van der Waals surface area contributed by atoms with Crippen LogP contribution in [-0.4, -0.2) is 20.7 Å². The first-order valence-corrected chi connectivity index (χ1v) is 10.2. The van der Waals surface area contributed by atoms with E-state index >= 15 is 0 Å². The molecule has 1 fully saturated rings. The maximum atomic E-state index is 12.3. The number of aromatic nitrogens is 3. The van der Waals surface area contributed by atoms with Crippen molar-refractivity contribution < 1.29 is 4.79 Å². The Morgan fingerprint density at radius 2 is 1.89 bits per heavy atom. The number of nitrogens with zero attached hydrogens (tertiary/aromatic N) is 3. The predicted octanol–water partition coefficient (Wildman–Crippen LogP) is 4.07. The topological polar surface area (TPSA) is 59.8 Å². The van der Waals surface area contributed by atoms with Crippen LogP contribution in [0.5, 0.6) is 0 Å². The molecule has 2 aromatic rings. The molecule has 1 heterocycles. The zero-order valence-corrected chi connectivity index (χ0v) is 17.1. The number of benzene rings is 1. The third kappa shape index (κ3) is 5.18. The van der Waals surface area contributed by atoms with E-state index in [-0.39, 0.29) is 5.91 Å². The van der Waals surface area contributed by atoms with Crippen LogP contribution in [-0.2, 0) is 24.2 Å². The van der Waals surface area contributed by atoms with Gasteiger partial charge in [-0.15, -0.1) is 10.2 Å². The molecular formula is C22H32N4O. The Labute approximate surface area is 162 Å². The van der Waals surface area contributed by atoms with E-state index in [2.05, 4.69) is 59.9 Å². The second kappa shape index (κ2) is 8.68. The highest BCUT2D eigenvalue weighted by molar-refractivity contribution is 5.76. The zero-order chi connectivity index (χ0) is 19.4. The predicted molar refractivity (Wildman–Crippen MR) is 108 cm³/mol. The molecular weight excluding hydrogens is 336 g/mol. The van der Waals surface area contributed by atoms with Crippen LogP contribution in [0.1, 0.15) is 73.9 Å². The lowest BCUT2D eigenvalue weighted by Crippen LogP contribution is -2.24. The minimum Gasteiger partial charge on any atom is -0.352 e. The van der Waals surface area contributed by atoms with Crippen LogP contribution in [0, 0.1) is 19.8 Å². The minimum atomic E-state index is 0.0741. The summed E-state index contributed by atoms with van der Waals surface area (Å²) in [6.07, 6.45) is 5.63. The maximum Gasteiger partial charge on any atom is 0.220 e. The molecule has 5 nitrogen and oxygen atoms in total. The summed E-state index contributed by atoms with van der Waals surface area (Å²) >= 11 is 0. The van der Waals surface area contributed by atoms with Gasteiger partial charge in [-0.05, 0) is 55.7 Å². The first-order chi connectivity index (χ1) is 13.0. The van der Waals surface area contributed by atoms with Crippen molar-refractivity contribution in [2.75, 3.05) is 0 Å². The fourth-order valence-corrected chi connectivity index (χ4v) is 3.38. The molecule has 0 aliphatic heterocycles. The van der Waals surface area contributed by atoms with Crippen LogP contribution < -0.4 is 5.32 Å². The Hall–Kier alpha value is -2.17. The average molecular weight is 369 g/mol. The van der Waals surface area contributed by atoms with Gasteiger partial charge in [0, 0.05) is 31.8 Å². The van der Waals surface area contributed by atoms with Gasteiger partial charge >= 0.3 is 0 Å². The number of hydrogen-bond donors (Lipinski definition) is 1. The van der Waals surface area contributed by atoms with Crippen molar-refractivity contribution in [3.63, 3.8) is 0 Å². The summed E-state index contributed by atoms with van der Waals surface area (Å²) in [5, 5.41) is 11.9. The van der Waals surface area contributed by atoms with Gasteiger partial charge in [-0.2, -0.15) is 0 Å². The Kier molecular flexibility index (Phi) is 6.30. The third-order valence-corrected chi connectivity index (χ3v) is 5.46. The van der Waals surface area contributed by atoms with Gasteiger partial charge < -0.3 is 9.88 Å². The summed E-state index contributed by atoms with van der Waals surface area (Å²) < 4.78 is 2.31. The van der Waals surface area contributed by atoms with Crippen LogP contribution in [0.2, 0.25) is 0 Å². The van der Waals surface area contributed by atoms with Gasteiger partial charge in [0.25, 0.3) is 0 Å². The smallest absolute Gasteiger partial charge is 0.220 e. The number of hydrogen-bond acceptors (Lipinski definition) is 3. The molecule has 5 heteroatoms. The Morgan fingerprint density at radius 3 is 2.56 bits per heavy atom. The van der Waals surface area contributed by atoms with Crippen molar-refractivity contribution in [1.82, 2.24) is 20.1 Å². The Morgan fingerprint density at radius 1 is 1.19 bits per heavy atom. The molecule has 0 radical (unpaired) electrons. The molecule has 0 atom stereocenters. The van der Waals surface area contributed by atoms with E-state index in [4.69, 9.17) is 0 Å². The van der Waals surface area contributed by atoms with Crippen molar-refractivity contribution in [3.8, 4) is 0 Å². The van der Waals surface area contributed by atoms with Crippen LogP contribution in [0.25, 0.3) is 0 Å². The van der Waals surface area contributed by atoms with Crippen LogP contribution >= 0.6 is 0 Å². The van der Waals surface area contributed by atoms with E-state index in [1.165, 1.54) is 29.5 Å². The quantitative estimate of drug-likeness (QED) is 0.726. The molecule has 1 saturated carbocycles. The minimum absolute atomic E-state index is 0.0741. The van der Waals surface area contributed by atoms with E-state index in [0.29, 0.717) is 31.3 Å². The van der Waals surface area contributed by atoms with E-state index < -0.39 is 0 Å². The average Bonchev–Trinajstić information content (AvgIpc) is 3.39. The number of carbonyl (C=O) groups excluding carboxylic acids is 1. The third-order valence-electron chi connectivity index (χ3n) is 5.46. The highest BCUT2D eigenvalue weighted by Crippen LogP contribution is 2.37. The first-order valence-electron chi connectivity index (χ1n) is 10.2. The van der Waals surface area contributed by atoms with Gasteiger partial charge in [0.15, 0.2) is 0 Å². The molecule has 1 aliphatic carbocycles. The molecule has 0 saturated heterocycles. The van der Waals surface area contributed by atoms with Gasteiger partial charge in [-0.1, -0.05) is 32.0 Å². The van der Waals surface area contributed by atoms with Crippen LogP contribution in [0.3, 0.4) is 0 Å². The summed E-state index contributed by atoms with van der Waals surface area (Å²) in [5.41, 5.74) is 3.69. The van der Waals surface area contributed by atoms with Crippen LogP contribution in [0.4, 0.5) is 0 Å². The lowest BCUT2D eigenvalue weighted by molar-refractivity contribution is -0.121. The van der Waals surface area contributed by atoms with Gasteiger partial charge in [0.05, 0.1) is 0 Å². The molecule has 1 amide bonds. The SMILES string of the molecule is Cc1cccc(CNC(=O)CCc2nnc(CCC(C)C)n2C2CC2)c1C. The summed E-state index contributed by atoms with van der Waals surface area (Å²) in [5.74, 6) is 2.80. The summed E-state index contributed by atoms with van der Waals surface area (Å²) in [4.78, 5) is 12.3. The van der Waals surface area contributed by atoms with E-state index in [9.17, 15) is 4.79 Å². The summed E-state index contributed by atoms with van der Waals surface area (Å²) in [7, 11) is 0. The molecule has 1 aliphatic rings. The second-order valence-corrected chi connectivity index (χ2v) is 8.20. The lowest BCUT2D eigenvalue weighted by atomic mass is 10.0. The number of rotatable bonds is 9. The van der Waals surface area contributed by atoms with Crippen molar-refractivity contribution in [2.45, 2.75) is 78.8 Å². The second-order valence-electron chi connectivity index (χ2n) is 8.20. The number of carbonyl (C=O) groups is 1. The first kappa shape index (κ1) is 19.6. The molecule has 1 N–H and O–H groups in total.